The zero-order valence-corrected chi connectivity index (χ0v) is 14.1. The van der Waals surface area contributed by atoms with Gasteiger partial charge in [0.1, 0.15) is 0 Å². The van der Waals surface area contributed by atoms with Crippen LogP contribution in [0.4, 0.5) is 5.69 Å². The monoisotopic (exact) mass is 344 g/mol. The summed E-state index contributed by atoms with van der Waals surface area (Å²) < 4.78 is 27.1. The molecule has 1 aliphatic heterocycles. The summed E-state index contributed by atoms with van der Waals surface area (Å²) in [7, 11) is -3.59. The quantitative estimate of drug-likeness (QED) is 0.907. The van der Waals surface area contributed by atoms with Crippen molar-refractivity contribution in [3.8, 4) is 0 Å². The van der Waals surface area contributed by atoms with E-state index < -0.39 is 10.0 Å². The van der Waals surface area contributed by atoms with Crippen LogP contribution in [0.3, 0.4) is 0 Å². The molecule has 1 heterocycles. The molecule has 6 heteroatoms. The van der Waals surface area contributed by atoms with E-state index in [1.807, 2.05) is 4.90 Å². The van der Waals surface area contributed by atoms with Crippen LogP contribution in [0.15, 0.2) is 59.5 Å². The predicted molar refractivity (Wildman–Crippen MR) is 93.2 cm³/mol. The molecule has 2 aromatic rings. The second-order valence-electron chi connectivity index (χ2n) is 5.88. The van der Waals surface area contributed by atoms with Crippen molar-refractivity contribution < 1.29 is 13.2 Å². The Labute approximate surface area is 142 Å². The van der Waals surface area contributed by atoms with Gasteiger partial charge in [-0.1, -0.05) is 30.3 Å². The molecule has 1 aliphatic rings. The van der Waals surface area contributed by atoms with Crippen LogP contribution < -0.4 is 4.72 Å². The first-order valence-electron chi connectivity index (χ1n) is 7.99. The van der Waals surface area contributed by atoms with Gasteiger partial charge in [0.25, 0.3) is 10.0 Å². The fraction of sp³-hybridized carbons (Fsp3) is 0.278. The number of rotatable bonds is 5. The number of anilines is 1. The number of sulfonamides is 1. The normalized spacial score (nSPS) is 14.6. The van der Waals surface area contributed by atoms with Gasteiger partial charge in [0, 0.05) is 18.8 Å². The summed E-state index contributed by atoms with van der Waals surface area (Å²) in [6.07, 6.45) is 2.50. The molecule has 0 bridgehead atoms. The third-order valence-corrected chi connectivity index (χ3v) is 5.47. The van der Waals surface area contributed by atoms with Crippen LogP contribution >= 0.6 is 0 Å². The van der Waals surface area contributed by atoms with E-state index in [-0.39, 0.29) is 10.8 Å². The number of nitrogens with zero attached hydrogens (tertiary/aromatic N) is 1. The fourth-order valence-electron chi connectivity index (χ4n) is 2.76. The van der Waals surface area contributed by atoms with Gasteiger partial charge < -0.3 is 4.90 Å². The van der Waals surface area contributed by atoms with Crippen molar-refractivity contribution in [2.24, 2.45) is 0 Å². The minimum Gasteiger partial charge on any atom is -0.342 e. The van der Waals surface area contributed by atoms with Crippen LogP contribution in [-0.2, 0) is 21.2 Å². The molecule has 1 N–H and O–H groups in total. The molecule has 0 spiro atoms. The smallest absolute Gasteiger partial charge is 0.261 e. The molecule has 126 valence electrons. The molecule has 3 rings (SSSR count). The maximum absolute atomic E-state index is 12.3. The highest BCUT2D eigenvalue weighted by Crippen LogP contribution is 2.17. The first kappa shape index (κ1) is 16.5. The third-order valence-electron chi connectivity index (χ3n) is 4.07. The molecule has 5 nitrogen and oxygen atoms in total. The number of carbonyl (C=O) groups excluding carboxylic acids is 1. The first-order valence-corrected chi connectivity index (χ1v) is 9.47. The average Bonchev–Trinajstić information content (AvgIpc) is 3.12. The zero-order valence-electron chi connectivity index (χ0n) is 13.3. The van der Waals surface area contributed by atoms with E-state index in [0.29, 0.717) is 12.1 Å². The molecule has 0 saturated carbocycles. The van der Waals surface area contributed by atoms with Gasteiger partial charge in [-0.25, -0.2) is 8.42 Å². The lowest BCUT2D eigenvalue weighted by atomic mass is 10.1. The van der Waals surface area contributed by atoms with Gasteiger partial charge in [-0.15, -0.1) is 0 Å². The molecule has 1 saturated heterocycles. The van der Waals surface area contributed by atoms with Gasteiger partial charge in [0.05, 0.1) is 11.3 Å². The summed E-state index contributed by atoms with van der Waals surface area (Å²) >= 11 is 0. The van der Waals surface area contributed by atoms with Crippen LogP contribution in [-0.4, -0.2) is 32.3 Å². The Morgan fingerprint density at radius 1 is 0.958 bits per heavy atom. The summed E-state index contributed by atoms with van der Waals surface area (Å²) in [4.78, 5) is 14.2. The minimum atomic E-state index is -3.59. The number of amides is 1. The Kier molecular flexibility index (Phi) is 4.85. The maximum Gasteiger partial charge on any atom is 0.261 e. The SMILES string of the molecule is O=C(Cc1ccc(NS(=O)(=O)c2ccccc2)cc1)N1CCCC1. The molecule has 0 aromatic heterocycles. The summed E-state index contributed by atoms with van der Waals surface area (Å²) in [5.74, 6) is 0.130. The standard InChI is InChI=1S/C18H20N2O3S/c21-18(20-12-4-5-13-20)14-15-8-10-16(11-9-15)19-24(22,23)17-6-2-1-3-7-17/h1-3,6-11,19H,4-5,12-14H2. The maximum atomic E-state index is 12.3. The third kappa shape index (κ3) is 3.94. The van der Waals surface area contributed by atoms with Gasteiger partial charge in [-0.2, -0.15) is 0 Å². The van der Waals surface area contributed by atoms with Crippen molar-refractivity contribution in [2.45, 2.75) is 24.2 Å². The minimum absolute atomic E-state index is 0.130. The van der Waals surface area contributed by atoms with Crippen molar-refractivity contribution in [2.75, 3.05) is 17.8 Å². The molecule has 0 atom stereocenters. The van der Waals surface area contributed by atoms with Crippen molar-refractivity contribution in [3.05, 3.63) is 60.2 Å². The van der Waals surface area contributed by atoms with Crippen molar-refractivity contribution in [1.82, 2.24) is 4.90 Å². The number of likely N-dealkylation sites (tertiary alicyclic amines) is 1. The zero-order chi connectivity index (χ0) is 17.0. The molecule has 0 unspecified atom stereocenters. The highest BCUT2D eigenvalue weighted by Gasteiger charge is 2.18. The fourth-order valence-corrected chi connectivity index (χ4v) is 3.84. The number of hydrogen-bond donors (Lipinski definition) is 1. The van der Waals surface area contributed by atoms with Gasteiger partial charge >= 0.3 is 0 Å². The molecule has 0 radical (unpaired) electrons. The van der Waals surface area contributed by atoms with E-state index in [1.165, 1.54) is 0 Å². The Morgan fingerprint density at radius 2 is 1.58 bits per heavy atom. The summed E-state index contributed by atoms with van der Waals surface area (Å²) in [6.45, 7) is 1.68. The van der Waals surface area contributed by atoms with Crippen molar-refractivity contribution in [3.63, 3.8) is 0 Å². The Morgan fingerprint density at radius 3 is 2.21 bits per heavy atom. The van der Waals surface area contributed by atoms with E-state index in [9.17, 15) is 13.2 Å². The van der Waals surface area contributed by atoms with Crippen LogP contribution in [0, 0.1) is 0 Å². The summed E-state index contributed by atoms with van der Waals surface area (Å²) in [5.41, 5.74) is 1.37. The molecule has 2 aromatic carbocycles. The summed E-state index contributed by atoms with van der Waals surface area (Å²) in [6, 6.07) is 15.2. The Hall–Kier alpha value is -2.34. The molecular formula is C18H20N2O3S. The number of nitrogens with one attached hydrogen (secondary N) is 1. The highest BCUT2D eigenvalue weighted by atomic mass is 32.2. The summed E-state index contributed by atoms with van der Waals surface area (Å²) in [5, 5.41) is 0. The second-order valence-corrected chi connectivity index (χ2v) is 7.56. The van der Waals surface area contributed by atoms with Crippen LogP contribution in [0.1, 0.15) is 18.4 Å². The van der Waals surface area contributed by atoms with Gasteiger partial charge in [0.15, 0.2) is 0 Å². The average molecular weight is 344 g/mol. The molecule has 1 amide bonds. The Balaban J connectivity index is 1.65. The van der Waals surface area contributed by atoms with Gasteiger partial charge in [-0.05, 0) is 42.7 Å². The largest absolute Gasteiger partial charge is 0.342 e. The van der Waals surface area contributed by atoms with Crippen LogP contribution in [0.5, 0.6) is 0 Å². The predicted octanol–water partition coefficient (Wildman–Crippen LogP) is 2.65. The van der Waals surface area contributed by atoms with Gasteiger partial charge in [0.2, 0.25) is 5.91 Å². The van der Waals surface area contributed by atoms with Gasteiger partial charge in [-0.3, -0.25) is 9.52 Å². The Bertz CT molecular complexity index is 796. The van der Waals surface area contributed by atoms with E-state index >= 15 is 0 Å². The highest BCUT2D eigenvalue weighted by molar-refractivity contribution is 7.92. The van der Waals surface area contributed by atoms with E-state index in [2.05, 4.69) is 4.72 Å². The van der Waals surface area contributed by atoms with E-state index in [4.69, 9.17) is 0 Å². The lowest BCUT2D eigenvalue weighted by Gasteiger charge is -2.15. The van der Waals surface area contributed by atoms with Crippen LogP contribution in [0.25, 0.3) is 0 Å². The number of hydrogen-bond acceptors (Lipinski definition) is 3. The molecular weight excluding hydrogens is 324 g/mol. The van der Waals surface area contributed by atoms with E-state index in [0.717, 1.165) is 31.5 Å². The van der Waals surface area contributed by atoms with Crippen molar-refractivity contribution in [1.29, 1.82) is 0 Å². The molecule has 0 aliphatic carbocycles. The lowest BCUT2D eigenvalue weighted by molar-refractivity contribution is -0.129. The number of benzene rings is 2. The first-order chi connectivity index (χ1) is 11.5. The van der Waals surface area contributed by atoms with E-state index in [1.54, 1.807) is 54.6 Å². The lowest BCUT2D eigenvalue weighted by Crippen LogP contribution is -2.29. The second kappa shape index (κ2) is 7.05. The topological polar surface area (TPSA) is 66.5 Å². The molecule has 1 fully saturated rings. The number of carbonyl (C=O) groups is 1. The molecule has 24 heavy (non-hydrogen) atoms. The van der Waals surface area contributed by atoms with Crippen molar-refractivity contribution >= 4 is 21.6 Å². The van der Waals surface area contributed by atoms with Crippen LogP contribution in [0.2, 0.25) is 0 Å².